The lowest BCUT2D eigenvalue weighted by Gasteiger charge is -2.17. The van der Waals surface area contributed by atoms with E-state index < -0.39 is 5.92 Å². The van der Waals surface area contributed by atoms with Gasteiger partial charge in [0.1, 0.15) is 11.7 Å². The summed E-state index contributed by atoms with van der Waals surface area (Å²) in [4.78, 5) is 26.6. The molecule has 1 heterocycles. The van der Waals surface area contributed by atoms with E-state index in [1.807, 2.05) is 31.2 Å². The molecule has 0 saturated carbocycles. The van der Waals surface area contributed by atoms with Gasteiger partial charge in [-0.05, 0) is 55.3 Å². The summed E-state index contributed by atoms with van der Waals surface area (Å²) in [5, 5.41) is 3.47. The lowest BCUT2D eigenvalue weighted by atomic mass is 10.1. The summed E-state index contributed by atoms with van der Waals surface area (Å²) in [6, 6.07) is 14.6. The predicted octanol–water partition coefficient (Wildman–Crippen LogP) is 3.41. The van der Waals surface area contributed by atoms with Crippen molar-refractivity contribution < 1.29 is 14.3 Å². The van der Waals surface area contributed by atoms with Gasteiger partial charge in [-0.25, -0.2) is 0 Å². The number of rotatable bonds is 6. The molecule has 0 radical (unpaired) electrons. The third-order valence-corrected chi connectivity index (χ3v) is 4.61. The number of hydrogen-bond acceptors (Lipinski definition) is 3. The quantitative estimate of drug-likeness (QED) is 0.790. The number of anilines is 1. The molecular formula is C20H21ClN2O3. The average Bonchev–Trinajstić information content (AvgIpc) is 3.03. The summed E-state index contributed by atoms with van der Waals surface area (Å²) in [6.07, 6.45) is 0.510. The first kappa shape index (κ1) is 18.3. The number of nitrogens with zero attached hydrogens (tertiary/aromatic N) is 1. The van der Waals surface area contributed by atoms with Crippen LogP contribution in [0, 0.1) is 5.92 Å². The van der Waals surface area contributed by atoms with Crippen LogP contribution in [0.3, 0.4) is 0 Å². The lowest BCUT2D eigenvalue weighted by molar-refractivity contribution is -0.132. The molecule has 136 valence electrons. The van der Waals surface area contributed by atoms with E-state index in [-0.39, 0.29) is 11.8 Å². The molecular weight excluding hydrogens is 352 g/mol. The zero-order chi connectivity index (χ0) is 18.5. The number of carbonyl (C=O) groups excluding carboxylic acids is 2. The second-order valence-corrected chi connectivity index (χ2v) is 6.54. The van der Waals surface area contributed by atoms with Gasteiger partial charge in [-0.2, -0.15) is 0 Å². The lowest BCUT2D eigenvalue weighted by Crippen LogP contribution is -2.36. The van der Waals surface area contributed by atoms with Crippen molar-refractivity contribution in [1.82, 2.24) is 5.32 Å². The number of amides is 2. The molecule has 0 bridgehead atoms. The molecule has 26 heavy (non-hydrogen) atoms. The summed E-state index contributed by atoms with van der Waals surface area (Å²) >= 11 is 5.89. The van der Waals surface area contributed by atoms with Crippen molar-refractivity contribution in [1.29, 1.82) is 0 Å². The topological polar surface area (TPSA) is 58.6 Å². The number of ether oxygens (including phenoxy) is 1. The van der Waals surface area contributed by atoms with E-state index in [1.165, 1.54) is 0 Å². The minimum absolute atomic E-state index is 0.170. The Labute approximate surface area is 157 Å². The van der Waals surface area contributed by atoms with Gasteiger partial charge in [-0.15, -0.1) is 0 Å². The minimum atomic E-state index is -0.645. The van der Waals surface area contributed by atoms with Crippen LogP contribution in [0.2, 0.25) is 5.02 Å². The van der Waals surface area contributed by atoms with Crippen molar-refractivity contribution in [3.63, 3.8) is 0 Å². The smallest absolute Gasteiger partial charge is 0.239 e. The molecule has 6 heteroatoms. The van der Waals surface area contributed by atoms with Crippen LogP contribution < -0.4 is 15.0 Å². The average molecular weight is 373 g/mol. The molecule has 2 amide bonds. The standard InChI is InChI=1S/C20H21ClN2O3/c1-2-26-17-9-3-14(4-10-17)13-22-19(24)18-11-12-23(20(18)25)16-7-5-15(21)6-8-16/h3-10,18H,2,11-13H2,1H3,(H,22,24)/t18-/m0/s1. The zero-order valence-electron chi connectivity index (χ0n) is 14.6. The number of benzene rings is 2. The van der Waals surface area contributed by atoms with Crippen LogP contribution in [0.15, 0.2) is 48.5 Å². The SMILES string of the molecule is CCOc1ccc(CNC(=O)[C@@H]2CCN(c3ccc(Cl)cc3)C2=O)cc1. The van der Waals surface area contributed by atoms with Gasteiger partial charge in [0.2, 0.25) is 11.8 Å². The Hall–Kier alpha value is -2.53. The Morgan fingerprint density at radius 3 is 2.54 bits per heavy atom. The molecule has 2 aromatic rings. The fourth-order valence-electron chi connectivity index (χ4n) is 2.98. The highest BCUT2D eigenvalue weighted by atomic mass is 35.5. The molecule has 0 aliphatic carbocycles. The van der Waals surface area contributed by atoms with Crippen molar-refractivity contribution in [2.24, 2.45) is 5.92 Å². The van der Waals surface area contributed by atoms with Gasteiger partial charge < -0.3 is 15.0 Å². The fourth-order valence-corrected chi connectivity index (χ4v) is 3.11. The molecule has 2 aromatic carbocycles. The van der Waals surface area contributed by atoms with E-state index in [0.29, 0.717) is 31.1 Å². The van der Waals surface area contributed by atoms with Gasteiger partial charge in [0, 0.05) is 23.8 Å². The second-order valence-electron chi connectivity index (χ2n) is 6.10. The molecule has 1 aliphatic rings. The zero-order valence-corrected chi connectivity index (χ0v) is 15.3. The number of halogens is 1. The summed E-state index contributed by atoms with van der Waals surface area (Å²) in [7, 11) is 0. The monoisotopic (exact) mass is 372 g/mol. The first-order chi connectivity index (χ1) is 12.6. The Kier molecular flexibility index (Phi) is 5.78. The van der Waals surface area contributed by atoms with Crippen LogP contribution in [-0.4, -0.2) is 25.0 Å². The van der Waals surface area contributed by atoms with Gasteiger partial charge in [-0.3, -0.25) is 9.59 Å². The maximum atomic E-state index is 12.6. The molecule has 3 rings (SSSR count). The number of nitrogens with one attached hydrogen (secondary N) is 1. The van der Waals surface area contributed by atoms with E-state index in [1.54, 1.807) is 29.2 Å². The Morgan fingerprint density at radius 1 is 1.19 bits per heavy atom. The molecule has 1 atom stereocenters. The Bertz CT molecular complexity index is 775. The second kappa shape index (κ2) is 8.23. The number of carbonyl (C=O) groups is 2. The van der Waals surface area contributed by atoms with Crippen LogP contribution in [0.1, 0.15) is 18.9 Å². The molecule has 5 nitrogen and oxygen atoms in total. The third-order valence-electron chi connectivity index (χ3n) is 4.36. The molecule has 0 aromatic heterocycles. The summed E-state index contributed by atoms with van der Waals surface area (Å²) < 4.78 is 5.40. The molecule has 1 saturated heterocycles. The number of hydrogen-bond donors (Lipinski definition) is 1. The largest absolute Gasteiger partial charge is 0.494 e. The van der Waals surface area contributed by atoms with E-state index in [9.17, 15) is 9.59 Å². The van der Waals surface area contributed by atoms with Gasteiger partial charge in [0.25, 0.3) is 0 Å². The van der Waals surface area contributed by atoms with Gasteiger partial charge in [0.05, 0.1) is 6.61 Å². The van der Waals surface area contributed by atoms with Crippen LogP contribution in [0.5, 0.6) is 5.75 Å². The third kappa shape index (κ3) is 4.17. The normalized spacial score (nSPS) is 16.6. The highest BCUT2D eigenvalue weighted by Gasteiger charge is 2.37. The van der Waals surface area contributed by atoms with Crippen LogP contribution in [0.4, 0.5) is 5.69 Å². The first-order valence-electron chi connectivity index (χ1n) is 8.65. The maximum Gasteiger partial charge on any atom is 0.239 e. The van der Waals surface area contributed by atoms with E-state index in [4.69, 9.17) is 16.3 Å². The van der Waals surface area contributed by atoms with Crippen molar-refractivity contribution >= 4 is 29.1 Å². The molecule has 1 aliphatic heterocycles. The Balaban J connectivity index is 1.56. The van der Waals surface area contributed by atoms with Crippen LogP contribution >= 0.6 is 11.6 Å². The van der Waals surface area contributed by atoms with Crippen LogP contribution in [0.25, 0.3) is 0 Å². The molecule has 1 fully saturated rings. The van der Waals surface area contributed by atoms with Gasteiger partial charge in [0.15, 0.2) is 0 Å². The summed E-state index contributed by atoms with van der Waals surface area (Å²) in [5.41, 5.74) is 1.73. The first-order valence-corrected chi connectivity index (χ1v) is 9.02. The summed E-state index contributed by atoms with van der Waals surface area (Å²) in [5.74, 6) is -0.252. The van der Waals surface area contributed by atoms with E-state index in [0.717, 1.165) is 17.0 Å². The molecule has 0 spiro atoms. The van der Waals surface area contributed by atoms with Crippen molar-refractivity contribution in [3.8, 4) is 5.75 Å². The van der Waals surface area contributed by atoms with Crippen molar-refractivity contribution in [2.45, 2.75) is 19.9 Å². The Morgan fingerprint density at radius 2 is 1.88 bits per heavy atom. The fraction of sp³-hybridized carbons (Fsp3) is 0.300. The highest BCUT2D eigenvalue weighted by molar-refractivity contribution is 6.30. The summed E-state index contributed by atoms with van der Waals surface area (Å²) in [6.45, 7) is 3.46. The highest BCUT2D eigenvalue weighted by Crippen LogP contribution is 2.26. The van der Waals surface area contributed by atoms with Gasteiger partial charge >= 0.3 is 0 Å². The van der Waals surface area contributed by atoms with Crippen molar-refractivity contribution in [2.75, 3.05) is 18.1 Å². The minimum Gasteiger partial charge on any atom is -0.494 e. The predicted molar refractivity (Wildman–Crippen MR) is 101 cm³/mol. The van der Waals surface area contributed by atoms with Crippen LogP contribution in [-0.2, 0) is 16.1 Å². The van der Waals surface area contributed by atoms with Gasteiger partial charge in [-0.1, -0.05) is 23.7 Å². The van der Waals surface area contributed by atoms with Crippen molar-refractivity contribution in [3.05, 3.63) is 59.1 Å². The molecule has 1 N–H and O–H groups in total. The maximum absolute atomic E-state index is 12.6. The van der Waals surface area contributed by atoms with E-state index >= 15 is 0 Å². The van der Waals surface area contributed by atoms with E-state index in [2.05, 4.69) is 5.32 Å². The molecule has 0 unspecified atom stereocenters.